The van der Waals surface area contributed by atoms with Crippen LogP contribution < -0.4 is 5.73 Å². The Morgan fingerprint density at radius 1 is 1.33 bits per heavy atom. The molecular weight excluding hydrogens is 243 g/mol. The highest BCUT2D eigenvalue weighted by Crippen LogP contribution is 2.34. The quantitative estimate of drug-likeness (QED) is 0.888. The fraction of sp³-hybridized carbons (Fsp3) is 0.417. The first-order chi connectivity index (χ1) is 8.41. The number of fused-ring (bicyclic) bond motifs is 1. The van der Waals surface area contributed by atoms with Gasteiger partial charge >= 0.3 is 6.18 Å². The summed E-state index contributed by atoms with van der Waals surface area (Å²) in [6.07, 6.45) is -3.12. The van der Waals surface area contributed by atoms with Crippen molar-refractivity contribution >= 4 is 11.0 Å². The standard InChI is InChI=1S/C12H14F3N3/c1-7-5-8(12(13,14)15)11-9(6-7)17-10(18-11)3-2-4-16/h5-6H,2-4,16H2,1H3,(H,17,18). The zero-order valence-corrected chi connectivity index (χ0v) is 9.93. The number of halogens is 3. The second kappa shape index (κ2) is 4.61. The van der Waals surface area contributed by atoms with Gasteiger partial charge in [0.1, 0.15) is 5.82 Å². The first-order valence-corrected chi connectivity index (χ1v) is 5.68. The summed E-state index contributed by atoms with van der Waals surface area (Å²) in [5.74, 6) is 0.548. The Bertz CT molecular complexity index is 557. The summed E-state index contributed by atoms with van der Waals surface area (Å²) in [6.45, 7) is 2.12. The van der Waals surface area contributed by atoms with Gasteiger partial charge in [0, 0.05) is 6.42 Å². The number of aromatic nitrogens is 2. The SMILES string of the molecule is Cc1cc(C(F)(F)F)c2[nH]c(CCCN)nc2c1. The number of rotatable bonds is 3. The predicted octanol–water partition coefficient (Wildman–Crippen LogP) is 2.78. The summed E-state index contributed by atoms with van der Waals surface area (Å²) < 4.78 is 38.7. The predicted molar refractivity (Wildman–Crippen MR) is 63.2 cm³/mol. The van der Waals surface area contributed by atoms with Crippen LogP contribution in [0.4, 0.5) is 13.2 Å². The number of hydrogen-bond donors (Lipinski definition) is 2. The maximum Gasteiger partial charge on any atom is 0.418 e. The zero-order chi connectivity index (χ0) is 13.3. The van der Waals surface area contributed by atoms with Gasteiger partial charge in [-0.3, -0.25) is 0 Å². The Kier molecular flexibility index (Phi) is 3.30. The van der Waals surface area contributed by atoms with E-state index in [1.54, 1.807) is 13.0 Å². The smallest absolute Gasteiger partial charge is 0.341 e. The molecular formula is C12H14F3N3. The van der Waals surface area contributed by atoms with Crippen LogP contribution in [-0.4, -0.2) is 16.5 Å². The van der Waals surface area contributed by atoms with Crippen molar-refractivity contribution in [1.82, 2.24) is 9.97 Å². The number of nitrogens with one attached hydrogen (secondary N) is 1. The van der Waals surface area contributed by atoms with Crippen LogP contribution in [0.25, 0.3) is 11.0 Å². The van der Waals surface area contributed by atoms with Crippen molar-refractivity contribution in [3.05, 3.63) is 29.1 Å². The van der Waals surface area contributed by atoms with Crippen molar-refractivity contribution in [2.75, 3.05) is 6.54 Å². The Hall–Kier alpha value is -1.56. The summed E-state index contributed by atoms with van der Waals surface area (Å²) in [5, 5.41) is 0. The number of alkyl halides is 3. The molecule has 6 heteroatoms. The van der Waals surface area contributed by atoms with Crippen molar-refractivity contribution < 1.29 is 13.2 Å². The number of nitrogens with two attached hydrogens (primary N) is 1. The van der Waals surface area contributed by atoms with Crippen molar-refractivity contribution in [2.45, 2.75) is 25.9 Å². The normalized spacial score (nSPS) is 12.3. The Labute approximate surface area is 102 Å². The van der Waals surface area contributed by atoms with Gasteiger partial charge in [0.2, 0.25) is 0 Å². The van der Waals surface area contributed by atoms with Crippen LogP contribution >= 0.6 is 0 Å². The molecule has 0 aliphatic carbocycles. The maximum atomic E-state index is 12.9. The molecule has 0 aliphatic heterocycles. The molecule has 0 unspecified atom stereocenters. The minimum absolute atomic E-state index is 0.0557. The number of aryl methyl sites for hydroxylation is 2. The molecule has 0 radical (unpaired) electrons. The third kappa shape index (κ3) is 2.48. The highest BCUT2D eigenvalue weighted by atomic mass is 19.4. The van der Waals surface area contributed by atoms with Crippen molar-refractivity contribution in [1.29, 1.82) is 0 Å². The summed E-state index contributed by atoms with van der Waals surface area (Å²) in [4.78, 5) is 6.92. The van der Waals surface area contributed by atoms with Crippen molar-refractivity contribution in [3.8, 4) is 0 Å². The second-order valence-corrected chi connectivity index (χ2v) is 4.28. The molecule has 18 heavy (non-hydrogen) atoms. The van der Waals surface area contributed by atoms with Gasteiger partial charge in [-0.05, 0) is 37.6 Å². The van der Waals surface area contributed by atoms with Crippen LogP contribution in [0.1, 0.15) is 23.4 Å². The van der Waals surface area contributed by atoms with Crippen LogP contribution in [0.2, 0.25) is 0 Å². The fourth-order valence-corrected chi connectivity index (χ4v) is 1.92. The minimum atomic E-state index is -4.37. The number of nitrogens with zero attached hydrogens (tertiary/aromatic N) is 1. The largest absolute Gasteiger partial charge is 0.418 e. The van der Waals surface area contributed by atoms with Gasteiger partial charge in [-0.25, -0.2) is 4.98 Å². The highest BCUT2D eigenvalue weighted by molar-refractivity contribution is 5.80. The lowest BCUT2D eigenvalue weighted by Gasteiger charge is -2.08. The Morgan fingerprint density at radius 3 is 2.67 bits per heavy atom. The molecule has 1 aromatic heterocycles. The van der Waals surface area contributed by atoms with Gasteiger partial charge in [-0.15, -0.1) is 0 Å². The van der Waals surface area contributed by atoms with Crippen LogP contribution in [0.15, 0.2) is 12.1 Å². The van der Waals surface area contributed by atoms with Crippen LogP contribution in [0, 0.1) is 6.92 Å². The monoisotopic (exact) mass is 257 g/mol. The lowest BCUT2D eigenvalue weighted by molar-refractivity contribution is -0.136. The van der Waals surface area contributed by atoms with E-state index < -0.39 is 11.7 Å². The van der Waals surface area contributed by atoms with Crippen LogP contribution in [-0.2, 0) is 12.6 Å². The Balaban J connectivity index is 2.53. The van der Waals surface area contributed by atoms with Gasteiger partial charge < -0.3 is 10.7 Å². The van der Waals surface area contributed by atoms with E-state index in [2.05, 4.69) is 9.97 Å². The van der Waals surface area contributed by atoms with Crippen molar-refractivity contribution in [2.24, 2.45) is 5.73 Å². The van der Waals surface area contributed by atoms with Crippen molar-refractivity contribution in [3.63, 3.8) is 0 Å². The molecule has 98 valence electrons. The third-order valence-corrected chi connectivity index (χ3v) is 2.71. The molecule has 0 atom stereocenters. The molecule has 3 nitrogen and oxygen atoms in total. The lowest BCUT2D eigenvalue weighted by Crippen LogP contribution is -2.06. The van der Waals surface area contributed by atoms with E-state index in [1.807, 2.05) is 0 Å². The molecule has 0 saturated carbocycles. The zero-order valence-electron chi connectivity index (χ0n) is 9.93. The molecule has 3 N–H and O–H groups in total. The molecule has 0 spiro atoms. The van der Waals surface area contributed by atoms with E-state index in [9.17, 15) is 13.2 Å². The number of imidazole rings is 1. The average Bonchev–Trinajstić information content (AvgIpc) is 2.66. The molecule has 0 fully saturated rings. The maximum absolute atomic E-state index is 12.9. The topological polar surface area (TPSA) is 54.7 Å². The minimum Gasteiger partial charge on any atom is -0.341 e. The molecule has 0 bridgehead atoms. The summed E-state index contributed by atoms with van der Waals surface area (Å²) in [6, 6.07) is 2.78. The van der Waals surface area contributed by atoms with E-state index in [0.29, 0.717) is 36.3 Å². The second-order valence-electron chi connectivity index (χ2n) is 4.28. The molecule has 1 heterocycles. The molecule has 0 saturated heterocycles. The Morgan fingerprint density at radius 2 is 2.06 bits per heavy atom. The molecule has 0 aliphatic rings. The number of benzene rings is 1. The molecule has 2 rings (SSSR count). The number of H-pyrrole nitrogens is 1. The molecule has 2 aromatic rings. The first kappa shape index (κ1) is 12.9. The number of aromatic amines is 1. The summed E-state index contributed by atoms with van der Waals surface area (Å²) in [7, 11) is 0. The van der Waals surface area contributed by atoms with Crippen LogP contribution in [0.5, 0.6) is 0 Å². The van der Waals surface area contributed by atoms with Gasteiger partial charge in [0.25, 0.3) is 0 Å². The molecule has 1 aromatic carbocycles. The number of hydrogen-bond acceptors (Lipinski definition) is 2. The van der Waals surface area contributed by atoms with Gasteiger partial charge in [0.15, 0.2) is 0 Å². The summed E-state index contributed by atoms with van der Waals surface area (Å²) in [5.41, 5.74) is 5.67. The van der Waals surface area contributed by atoms with Gasteiger partial charge in [-0.2, -0.15) is 13.2 Å². The van der Waals surface area contributed by atoms with E-state index in [1.165, 1.54) is 0 Å². The van der Waals surface area contributed by atoms with E-state index in [0.717, 1.165) is 6.07 Å². The average molecular weight is 257 g/mol. The van der Waals surface area contributed by atoms with E-state index in [-0.39, 0.29) is 5.52 Å². The van der Waals surface area contributed by atoms with E-state index >= 15 is 0 Å². The third-order valence-electron chi connectivity index (χ3n) is 2.71. The lowest BCUT2D eigenvalue weighted by atomic mass is 10.1. The summed E-state index contributed by atoms with van der Waals surface area (Å²) >= 11 is 0. The van der Waals surface area contributed by atoms with E-state index in [4.69, 9.17) is 5.73 Å². The van der Waals surface area contributed by atoms with Crippen LogP contribution in [0.3, 0.4) is 0 Å². The van der Waals surface area contributed by atoms with Gasteiger partial charge in [0.05, 0.1) is 16.6 Å². The fourth-order valence-electron chi connectivity index (χ4n) is 1.92. The molecule has 0 amide bonds. The highest BCUT2D eigenvalue weighted by Gasteiger charge is 2.33. The first-order valence-electron chi connectivity index (χ1n) is 5.68. The van der Waals surface area contributed by atoms with Gasteiger partial charge in [-0.1, -0.05) is 0 Å².